The number of carboxylic acids is 1. The summed E-state index contributed by atoms with van der Waals surface area (Å²) in [4.78, 5) is 22.4. The highest BCUT2D eigenvalue weighted by Gasteiger charge is 2.28. The van der Waals surface area contributed by atoms with Crippen molar-refractivity contribution in [2.24, 2.45) is 11.8 Å². The second-order valence-corrected chi connectivity index (χ2v) is 5.92. The van der Waals surface area contributed by atoms with Gasteiger partial charge in [0.2, 0.25) is 0 Å². The van der Waals surface area contributed by atoms with Gasteiger partial charge in [-0.25, -0.2) is 4.79 Å². The number of aliphatic carboxylic acids is 1. The number of carbonyl (C=O) groups excluding carboxylic acids is 1. The Hall–Kier alpha value is -1.26. The highest BCUT2D eigenvalue weighted by atomic mass is 16.4. The SMILES string of the molecule is CC(CC(=O)O)NC(=O)NC1CCCCC1C(C)C. The van der Waals surface area contributed by atoms with Crippen LogP contribution in [0.25, 0.3) is 0 Å². The van der Waals surface area contributed by atoms with Crippen molar-refractivity contribution in [3.05, 3.63) is 0 Å². The van der Waals surface area contributed by atoms with Crippen molar-refractivity contribution in [3.63, 3.8) is 0 Å². The number of hydrogen-bond donors (Lipinski definition) is 3. The highest BCUT2D eigenvalue weighted by molar-refractivity contribution is 5.76. The maximum Gasteiger partial charge on any atom is 0.315 e. The summed E-state index contributed by atoms with van der Waals surface area (Å²) in [6.07, 6.45) is 4.51. The minimum Gasteiger partial charge on any atom is -0.481 e. The third-order valence-corrected chi connectivity index (χ3v) is 3.85. The quantitative estimate of drug-likeness (QED) is 0.717. The van der Waals surface area contributed by atoms with Crippen molar-refractivity contribution >= 4 is 12.0 Å². The summed E-state index contributed by atoms with van der Waals surface area (Å²) < 4.78 is 0. The molecule has 1 fully saturated rings. The smallest absolute Gasteiger partial charge is 0.315 e. The average Bonchev–Trinajstić information content (AvgIpc) is 2.27. The van der Waals surface area contributed by atoms with Crippen LogP contribution in [0, 0.1) is 11.8 Å². The fourth-order valence-electron chi connectivity index (χ4n) is 2.88. The number of carboxylic acid groups (broad SMARTS) is 1. The molecule has 3 atom stereocenters. The van der Waals surface area contributed by atoms with Crippen molar-refractivity contribution in [1.82, 2.24) is 10.6 Å². The summed E-state index contributed by atoms with van der Waals surface area (Å²) in [6, 6.07) is -0.379. The van der Waals surface area contributed by atoms with Crippen molar-refractivity contribution in [2.75, 3.05) is 0 Å². The first kappa shape index (κ1) is 15.8. The van der Waals surface area contributed by atoms with E-state index < -0.39 is 5.97 Å². The predicted octanol–water partition coefficient (Wildman–Crippen LogP) is 2.36. The van der Waals surface area contributed by atoms with E-state index in [1.807, 2.05) is 0 Å². The molecule has 0 aromatic rings. The summed E-state index contributed by atoms with van der Waals surface area (Å²) in [5, 5.41) is 14.4. The molecule has 2 amide bonds. The molecule has 5 nitrogen and oxygen atoms in total. The van der Waals surface area contributed by atoms with Gasteiger partial charge in [-0.15, -0.1) is 0 Å². The molecule has 1 aliphatic carbocycles. The molecule has 0 aromatic carbocycles. The van der Waals surface area contributed by atoms with Gasteiger partial charge in [-0.3, -0.25) is 4.79 Å². The number of nitrogens with one attached hydrogen (secondary N) is 2. The summed E-state index contributed by atoms with van der Waals surface area (Å²) in [7, 11) is 0. The molecule has 5 heteroatoms. The third kappa shape index (κ3) is 5.49. The Kier molecular flexibility index (Phi) is 6.12. The van der Waals surface area contributed by atoms with Gasteiger partial charge >= 0.3 is 12.0 Å². The van der Waals surface area contributed by atoms with E-state index in [1.165, 1.54) is 6.42 Å². The van der Waals surface area contributed by atoms with E-state index in [0.29, 0.717) is 11.8 Å². The van der Waals surface area contributed by atoms with Crippen LogP contribution in [0.1, 0.15) is 52.9 Å². The fraction of sp³-hybridized carbons (Fsp3) is 0.857. The molecule has 0 spiro atoms. The number of hydrogen-bond acceptors (Lipinski definition) is 2. The van der Waals surface area contributed by atoms with Crippen LogP contribution in [0.15, 0.2) is 0 Å². The summed E-state index contributed by atoms with van der Waals surface area (Å²) >= 11 is 0. The van der Waals surface area contributed by atoms with Crippen molar-refractivity contribution < 1.29 is 14.7 Å². The van der Waals surface area contributed by atoms with Crippen LogP contribution in [0.5, 0.6) is 0 Å². The molecule has 0 aromatic heterocycles. The van der Waals surface area contributed by atoms with Crippen LogP contribution in [0.2, 0.25) is 0 Å². The zero-order valence-electron chi connectivity index (χ0n) is 12.1. The highest BCUT2D eigenvalue weighted by Crippen LogP contribution is 2.30. The van der Waals surface area contributed by atoms with Gasteiger partial charge in [0.05, 0.1) is 6.42 Å². The van der Waals surface area contributed by atoms with Crippen molar-refractivity contribution in [3.8, 4) is 0 Å². The van der Waals surface area contributed by atoms with E-state index in [-0.39, 0.29) is 24.5 Å². The average molecular weight is 270 g/mol. The van der Waals surface area contributed by atoms with E-state index in [4.69, 9.17) is 5.11 Å². The molecule has 1 aliphatic rings. The predicted molar refractivity (Wildman–Crippen MR) is 74.0 cm³/mol. The van der Waals surface area contributed by atoms with Gasteiger partial charge in [0.1, 0.15) is 0 Å². The number of amides is 2. The van der Waals surface area contributed by atoms with Gasteiger partial charge in [-0.1, -0.05) is 26.7 Å². The molecule has 0 heterocycles. The van der Waals surface area contributed by atoms with Gasteiger partial charge in [-0.05, 0) is 31.6 Å². The second-order valence-electron chi connectivity index (χ2n) is 5.92. The van der Waals surface area contributed by atoms with Gasteiger partial charge in [0.15, 0.2) is 0 Å². The zero-order valence-corrected chi connectivity index (χ0v) is 12.1. The van der Waals surface area contributed by atoms with Crippen LogP contribution < -0.4 is 10.6 Å². The lowest BCUT2D eigenvalue weighted by atomic mass is 9.78. The van der Waals surface area contributed by atoms with E-state index >= 15 is 0 Å². The van der Waals surface area contributed by atoms with Crippen LogP contribution >= 0.6 is 0 Å². The maximum absolute atomic E-state index is 11.9. The van der Waals surface area contributed by atoms with Gasteiger partial charge in [0.25, 0.3) is 0 Å². The minimum absolute atomic E-state index is 0.0499. The first-order chi connectivity index (χ1) is 8.90. The van der Waals surface area contributed by atoms with Crippen molar-refractivity contribution in [2.45, 2.75) is 65.0 Å². The monoisotopic (exact) mass is 270 g/mol. The first-order valence-electron chi connectivity index (χ1n) is 7.19. The zero-order chi connectivity index (χ0) is 14.4. The van der Waals surface area contributed by atoms with E-state index in [2.05, 4.69) is 24.5 Å². The van der Waals surface area contributed by atoms with Crippen LogP contribution in [0.4, 0.5) is 4.79 Å². The molecule has 1 rings (SSSR count). The van der Waals surface area contributed by atoms with Crippen LogP contribution in [-0.4, -0.2) is 29.2 Å². The summed E-state index contributed by atoms with van der Waals surface area (Å²) in [5.41, 5.74) is 0. The number of rotatable bonds is 5. The minimum atomic E-state index is -0.898. The Morgan fingerprint density at radius 2 is 1.84 bits per heavy atom. The lowest BCUT2D eigenvalue weighted by molar-refractivity contribution is -0.137. The van der Waals surface area contributed by atoms with E-state index in [9.17, 15) is 9.59 Å². The Labute approximate surface area is 115 Å². The van der Waals surface area contributed by atoms with Gasteiger partial charge in [0, 0.05) is 12.1 Å². The molecule has 110 valence electrons. The Bertz CT molecular complexity index is 318. The molecule has 3 N–H and O–H groups in total. The van der Waals surface area contributed by atoms with E-state index in [0.717, 1.165) is 19.3 Å². The molecule has 1 saturated carbocycles. The second kappa shape index (κ2) is 7.36. The Balaban J connectivity index is 2.43. The normalized spacial score (nSPS) is 24.8. The molecule has 0 bridgehead atoms. The van der Waals surface area contributed by atoms with Crippen LogP contribution in [-0.2, 0) is 4.79 Å². The lowest BCUT2D eigenvalue weighted by Crippen LogP contribution is -2.50. The Morgan fingerprint density at radius 3 is 2.42 bits per heavy atom. The summed E-state index contributed by atoms with van der Waals surface area (Å²) in [5.74, 6) is 0.182. The fourth-order valence-corrected chi connectivity index (χ4v) is 2.88. The third-order valence-electron chi connectivity index (χ3n) is 3.85. The lowest BCUT2D eigenvalue weighted by Gasteiger charge is -2.35. The molecule has 0 radical (unpaired) electrons. The molecule has 0 saturated heterocycles. The molecular weight excluding hydrogens is 244 g/mol. The van der Waals surface area contributed by atoms with Crippen LogP contribution in [0.3, 0.4) is 0 Å². The largest absolute Gasteiger partial charge is 0.481 e. The van der Waals surface area contributed by atoms with E-state index in [1.54, 1.807) is 6.92 Å². The molecule has 0 aliphatic heterocycles. The standard InChI is InChI=1S/C14H26N2O3/c1-9(2)11-6-4-5-7-12(11)16-14(19)15-10(3)8-13(17)18/h9-12H,4-8H2,1-3H3,(H,17,18)(H2,15,16,19). The van der Waals surface area contributed by atoms with Crippen molar-refractivity contribution in [1.29, 1.82) is 0 Å². The maximum atomic E-state index is 11.9. The number of urea groups is 1. The Morgan fingerprint density at radius 1 is 1.21 bits per heavy atom. The molecule has 19 heavy (non-hydrogen) atoms. The number of carbonyl (C=O) groups is 2. The topological polar surface area (TPSA) is 78.4 Å². The molecular formula is C14H26N2O3. The summed E-state index contributed by atoms with van der Waals surface area (Å²) in [6.45, 7) is 6.08. The molecule has 3 unspecified atom stereocenters. The first-order valence-corrected chi connectivity index (χ1v) is 7.19. The van der Waals surface area contributed by atoms with Gasteiger partial charge < -0.3 is 15.7 Å². The van der Waals surface area contributed by atoms with Gasteiger partial charge in [-0.2, -0.15) is 0 Å².